The van der Waals surface area contributed by atoms with Crippen LogP contribution < -0.4 is 10.6 Å². The van der Waals surface area contributed by atoms with Crippen molar-refractivity contribution in [3.8, 4) is 0 Å². The van der Waals surface area contributed by atoms with Crippen molar-refractivity contribution in [1.29, 1.82) is 0 Å². The lowest BCUT2D eigenvalue weighted by molar-refractivity contribution is -0.121. The van der Waals surface area contributed by atoms with Crippen LogP contribution in [0.2, 0.25) is 0 Å². The molecule has 0 unspecified atom stereocenters. The third kappa shape index (κ3) is 6.00. The molecule has 0 aromatic heterocycles. The van der Waals surface area contributed by atoms with Gasteiger partial charge in [0.05, 0.1) is 12.2 Å². The molecule has 0 aromatic rings. The van der Waals surface area contributed by atoms with Gasteiger partial charge in [0.1, 0.15) is 0 Å². The molecule has 1 fully saturated rings. The van der Waals surface area contributed by atoms with Gasteiger partial charge < -0.3 is 20.5 Å². The van der Waals surface area contributed by atoms with Gasteiger partial charge >= 0.3 is 0 Å². The zero-order valence-electron chi connectivity index (χ0n) is 10.6. The van der Waals surface area contributed by atoms with Crippen LogP contribution in [-0.4, -0.2) is 50.0 Å². The molecule has 1 rings (SSSR count). The maximum absolute atomic E-state index is 11.3. The molecule has 17 heavy (non-hydrogen) atoms. The van der Waals surface area contributed by atoms with Crippen molar-refractivity contribution < 1.29 is 14.6 Å². The molecule has 0 saturated heterocycles. The molecule has 1 saturated carbocycles. The van der Waals surface area contributed by atoms with E-state index in [2.05, 4.69) is 10.6 Å². The lowest BCUT2D eigenvalue weighted by Crippen LogP contribution is -2.39. The molecule has 1 aliphatic rings. The van der Waals surface area contributed by atoms with Gasteiger partial charge in [-0.05, 0) is 12.8 Å². The van der Waals surface area contributed by atoms with E-state index in [9.17, 15) is 9.90 Å². The van der Waals surface area contributed by atoms with E-state index in [0.29, 0.717) is 32.7 Å². The number of nitrogens with one attached hydrogen (secondary N) is 2. The third-order valence-corrected chi connectivity index (χ3v) is 3.15. The summed E-state index contributed by atoms with van der Waals surface area (Å²) in [6, 6.07) is 0. The number of hydrogen-bond donors (Lipinski definition) is 3. The van der Waals surface area contributed by atoms with Crippen molar-refractivity contribution in [2.75, 3.05) is 33.4 Å². The second-order valence-corrected chi connectivity index (χ2v) is 4.70. The summed E-state index contributed by atoms with van der Waals surface area (Å²) in [6.45, 7) is 2.30. The molecular formula is C12H24N2O3. The Hall–Kier alpha value is -0.650. The molecule has 0 heterocycles. The summed E-state index contributed by atoms with van der Waals surface area (Å²) in [5, 5.41) is 16.0. The summed E-state index contributed by atoms with van der Waals surface area (Å²) < 4.78 is 4.84. The van der Waals surface area contributed by atoms with Gasteiger partial charge in [-0.2, -0.15) is 0 Å². The highest BCUT2D eigenvalue weighted by molar-refractivity contribution is 5.75. The summed E-state index contributed by atoms with van der Waals surface area (Å²) in [4.78, 5) is 11.3. The lowest BCUT2D eigenvalue weighted by Gasteiger charge is -2.22. The van der Waals surface area contributed by atoms with Gasteiger partial charge in [0.25, 0.3) is 0 Å². The van der Waals surface area contributed by atoms with Crippen LogP contribution in [0.4, 0.5) is 0 Å². The van der Waals surface area contributed by atoms with Crippen LogP contribution in [0.25, 0.3) is 0 Å². The summed E-state index contributed by atoms with van der Waals surface area (Å²) in [7, 11) is 1.61. The van der Waals surface area contributed by atoms with E-state index in [1.54, 1.807) is 7.11 Å². The van der Waals surface area contributed by atoms with Crippen LogP contribution in [0, 0.1) is 0 Å². The number of carbonyl (C=O) groups excluding carboxylic acids is 1. The monoisotopic (exact) mass is 244 g/mol. The van der Waals surface area contributed by atoms with Gasteiger partial charge in [-0.3, -0.25) is 4.79 Å². The topological polar surface area (TPSA) is 70.6 Å². The van der Waals surface area contributed by atoms with E-state index < -0.39 is 5.60 Å². The molecule has 1 amide bonds. The standard InChI is InChI=1S/C12H24N2O3/c1-17-9-8-14-11(15)4-7-13-10-12(16)5-2-3-6-12/h13,16H,2-10H2,1H3,(H,14,15). The SMILES string of the molecule is COCCNC(=O)CCNCC1(O)CCCC1. The van der Waals surface area contributed by atoms with Crippen molar-refractivity contribution in [3.63, 3.8) is 0 Å². The Bertz CT molecular complexity index is 228. The van der Waals surface area contributed by atoms with E-state index in [1.807, 2.05) is 0 Å². The second-order valence-electron chi connectivity index (χ2n) is 4.70. The van der Waals surface area contributed by atoms with E-state index in [4.69, 9.17) is 4.74 Å². The van der Waals surface area contributed by atoms with Crippen molar-refractivity contribution in [3.05, 3.63) is 0 Å². The van der Waals surface area contributed by atoms with Crippen LogP contribution in [0.5, 0.6) is 0 Å². The molecule has 0 aromatic carbocycles. The van der Waals surface area contributed by atoms with Gasteiger partial charge in [-0.1, -0.05) is 12.8 Å². The highest BCUT2D eigenvalue weighted by Gasteiger charge is 2.30. The fourth-order valence-corrected chi connectivity index (χ4v) is 2.11. The van der Waals surface area contributed by atoms with E-state index in [0.717, 1.165) is 25.7 Å². The van der Waals surface area contributed by atoms with Crippen LogP contribution in [0.15, 0.2) is 0 Å². The second kappa shape index (κ2) is 7.63. The summed E-state index contributed by atoms with van der Waals surface area (Å²) in [6.07, 6.45) is 4.41. The minimum Gasteiger partial charge on any atom is -0.389 e. The predicted molar refractivity (Wildman–Crippen MR) is 65.8 cm³/mol. The number of hydrogen-bond acceptors (Lipinski definition) is 4. The minimum absolute atomic E-state index is 0.0213. The van der Waals surface area contributed by atoms with Crippen molar-refractivity contribution in [2.24, 2.45) is 0 Å². The number of amides is 1. The van der Waals surface area contributed by atoms with Gasteiger partial charge in [0.2, 0.25) is 5.91 Å². The Labute approximate surface area is 103 Å². The molecule has 0 bridgehead atoms. The average molecular weight is 244 g/mol. The zero-order chi connectivity index (χ0) is 12.6. The Morgan fingerprint density at radius 3 is 2.71 bits per heavy atom. The van der Waals surface area contributed by atoms with E-state index in [-0.39, 0.29) is 5.91 Å². The first-order chi connectivity index (χ1) is 8.16. The molecule has 5 heteroatoms. The Morgan fingerprint density at radius 1 is 1.35 bits per heavy atom. The number of aliphatic hydroxyl groups is 1. The van der Waals surface area contributed by atoms with Crippen molar-refractivity contribution in [2.45, 2.75) is 37.7 Å². The maximum Gasteiger partial charge on any atom is 0.221 e. The molecule has 100 valence electrons. The molecule has 3 N–H and O–H groups in total. The van der Waals surface area contributed by atoms with Crippen molar-refractivity contribution >= 4 is 5.91 Å². The lowest BCUT2D eigenvalue weighted by atomic mass is 10.0. The summed E-state index contributed by atoms with van der Waals surface area (Å²) in [5.74, 6) is 0.0213. The van der Waals surface area contributed by atoms with Crippen LogP contribution in [0.3, 0.4) is 0 Å². The highest BCUT2D eigenvalue weighted by Crippen LogP contribution is 2.28. The quantitative estimate of drug-likeness (QED) is 0.527. The van der Waals surface area contributed by atoms with Crippen LogP contribution >= 0.6 is 0 Å². The number of methoxy groups -OCH3 is 1. The molecule has 0 radical (unpaired) electrons. The van der Waals surface area contributed by atoms with Gasteiger partial charge in [0, 0.05) is 33.2 Å². The molecule has 0 spiro atoms. The molecule has 5 nitrogen and oxygen atoms in total. The smallest absolute Gasteiger partial charge is 0.221 e. The molecule has 1 aliphatic carbocycles. The number of carbonyl (C=O) groups is 1. The zero-order valence-corrected chi connectivity index (χ0v) is 10.6. The first kappa shape index (κ1) is 14.4. The largest absolute Gasteiger partial charge is 0.389 e. The summed E-state index contributed by atoms with van der Waals surface area (Å²) in [5.41, 5.74) is -0.535. The Kier molecular flexibility index (Phi) is 6.47. The fourth-order valence-electron chi connectivity index (χ4n) is 2.11. The average Bonchev–Trinajstić information content (AvgIpc) is 2.73. The van der Waals surface area contributed by atoms with Crippen LogP contribution in [0.1, 0.15) is 32.1 Å². The predicted octanol–water partition coefficient (Wildman–Crippen LogP) is 0.0338. The first-order valence-corrected chi connectivity index (χ1v) is 6.35. The minimum atomic E-state index is -0.535. The van der Waals surface area contributed by atoms with Gasteiger partial charge in [-0.25, -0.2) is 0 Å². The summed E-state index contributed by atoms with van der Waals surface area (Å²) >= 11 is 0. The van der Waals surface area contributed by atoms with Gasteiger partial charge in [-0.15, -0.1) is 0 Å². The Balaban J connectivity index is 1.98. The maximum atomic E-state index is 11.3. The molecule has 0 aliphatic heterocycles. The van der Waals surface area contributed by atoms with Crippen LogP contribution in [-0.2, 0) is 9.53 Å². The van der Waals surface area contributed by atoms with Crippen molar-refractivity contribution in [1.82, 2.24) is 10.6 Å². The normalized spacial score (nSPS) is 18.2. The third-order valence-electron chi connectivity index (χ3n) is 3.15. The molecular weight excluding hydrogens is 220 g/mol. The number of rotatable bonds is 8. The van der Waals surface area contributed by atoms with E-state index in [1.165, 1.54) is 0 Å². The Morgan fingerprint density at radius 2 is 2.06 bits per heavy atom. The fraction of sp³-hybridized carbons (Fsp3) is 0.917. The first-order valence-electron chi connectivity index (χ1n) is 6.35. The number of ether oxygens (including phenoxy) is 1. The highest BCUT2D eigenvalue weighted by atomic mass is 16.5. The van der Waals surface area contributed by atoms with Gasteiger partial charge in [0.15, 0.2) is 0 Å². The molecule has 0 atom stereocenters. The van der Waals surface area contributed by atoms with E-state index >= 15 is 0 Å².